The van der Waals surface area contributed by atoms with Crippen molar-refractivity contribution in [3.8, 4) is 0 Å². The second-order valence-corrected chi connectivity index (χ2v) is 10.4. The number of aryl methyl sites for hydroxylation is 1. The molecule has 2 fully saturated rings. The van der Waals surface area contributed by atoms with E-state index in [0.29, 0.717) is 18.1 Å². The largest absolute Gasteiger partial charge is 0.365 e. The highest BCUT2D eigenvalue weighted by atomic mass is 35.5. The Morgan fingerprint density at radius 2 is 2.22 bits per heavy atom. The summed E-state index contributed by atoms with van der Waals surface area (Å²) < 4.78 is 9.76. The van der Waals surface area contributed by atoms with Crippen LogP contribution in [0, 0.1) is 0 Å². The fourth-order valence-corrected chi connectivity index (χ4v) is 7.01. The minimum absolute atomic E-state index is 0.128. The average Bonchev–Trinajstić information content (AvgIpc) is 3.24. The van der Waals surface area contributed by atoms with Crippen LogP contribution in [0.2, 0.25) is 4.34 Å². The van der Waals surface area contributed by atoms with E-state index in [-0.39, 0.29) is 5.60 Å². The number of halogens is 1. The predicted octanol–water partition coefficient (Wildman–Crippen LogP) is 5.07. The van der Waals surface area contributed by atoms with Crippen LogP contribution >= 0.6 is 22.9 Å². The first-order valence-electron chi connectivity index (χ1n) is 10.2. The molecule has 2 aromatic heterocycles. The summed E-state index contributed by atoms with van der Waals surface area (Å²) in [5, 5.41) is 4.32. The van der Waals surface area contributed by atoms with Crippen LogP contribution in [0.1, 0.15) is 67.4 Å². The van der Waals surface area contributed by atoms with Crippen molar-refractivity contribution in [1.29, 1.82) is 0 Å². The van der Waals surface area contributed by atoms with Gasteiger partial charge in [-0.2, -0.15) is 5.10 Å². The highest BCUT2D eigenvalue weighted by molar-refractivity contribution is 7.16. The summed E-state index contributed by atoms with van der Waals surface area (Å²) in [6.45, 7) is 4.38. The van der Waals surface area contributed by atoms with E-state index in [1.165, 1.54) is 41.7 Å². The molecule has 0 radical (unpaired) electrons. The Morgan fingerprint density at radius 3 is 3.00 bits per heavy atom. The van der Waals surface area contributed by atoms with Crippen LogP contribution in [0.4, 0.5) is 0 Å². The minimum Gasteiger partial charge on any atom is -0.365 e. The van der Waals surface area contributed by atoms with Gasteiger partial charge in [0.2, 0.25) is 0 Å². The van der Waals surface area contributed by atoms with Gasteiger partial charge in [-0.15, -0.1) is 11.3 Å². The third kappa shape index (κ3) is 3.17. The second kappa shape index (κ2) is 6.87. The number of aromatic nitrogens is 2. The molecule has 146 valence electrons. The molecular weight excluding hydrogens is 378 g/mol. The van der Waals surface area contributed by atoms with Gasteiger partial charge in [0.1, 0.15) is 5.60 Å². The number of piperidine rings is 1. The van der Waals surface area contributed by atoms with Crippen LogP contribution in [0.3, 0.4) is 0 Å². The summed E-state index contributed by atoms with van der Waals surface area (Å²) in [6, 6.07) is 2.73. The van der Waals surface area contributed by atoms with Gasteiger partial charge in [-0.25, -0.2) is 0 Å². The third-order valence-electron chi connectivity index (χ3n) is 6.82. The number of nitrogens with zero attached hydrogens (tertiary/aromatic N) is 3. The van der Waals surface area contributed by atoms with Crippen LogP contribution < -0.4 is 0 Å². The number of ether oxygens (including phenoxy) is 1. The lowest BCUT2D eigenvalue weighted by atomic mass is 9.73. The van der Waals surface area contributed by atoms with Crippen molar-refractivity contribution in [3.05, 3.63) is 38.8 Å². The van der Waals surface area contributed by atoms with Gasteiger partial charge >= 0.3 is 0 Å². The summed E-state index contributed by atoms with van der Waals surface area (Å²) >= 11 is 8.27. The smallest absolute Gasteiger partial charge is 0.106 e. The summed E-state index contributed by atoms with van der Waals surface area (Å²) in [6.07, 6.45) is 11.7. The number of fused-ring (bicyclic) bond motifs is 4. The standard InChI is InChI=1S/C21H28ClN3OS/c1-14-10-21(7-8-25(14)13-15-11-23-24(2)12-15)20-17(9-19(22)27-20)16-5-3-4-6-18(16)26-21/h9,11-12,14,16,18H,3-8,10,13H2,1-2H3/t14-,16?,18?,21?/m0/s1. The van der Waals surface area contributed by atoms with E-state index in [4.69, 9.17) is 16.3 Å². The molecular formula is C21H28ClN3OS. The molecule has 4 atom stereocenters. The van der Waals surface area contributed by atoms with E-state index in [1.54, 1.807) is 11.3 Å². The lowest BCUT2D eigenvalue weighted by Crippen LogP contribution is -2.52. The Labute approximate surface area is 170 Å². The van der Waals surface area contributed by atoms with Gasteiger partial charge in [0.25, 0.3) is 0 Å². The highest BCUT2D eigenvalue weighted by Crippen LogP contribution is 2.55. The van der Waals surface area contributed by atoms with Crippen molar-refractivity contribution in [2.75, 3.05) is 6.54 Å². The van der Waals surface area contributed by atoms with Crippen molar-refractivity contribution in [2.45, 2.75) is 75.7 Å². The van der Waals surface area contributed by atoms with Gasteiger partial charge in [0, 0.05) is 48.7 Å². The van der Waals surface area contributed by atoms with E-state index < -0.39 is 0 Å². The summed E-state index contributed by atoms with van der Waals surface area (Å²) in [7, 11) is 1.98. The number of likely N-dealkylation sites (tertiary alicyclic amines) is 1. The predicted molar refractivity (Wildman–Crippen MR) is 109 cm³/mol. The van der Waals surface area contributed by atoms with Crippen molar-refractivity contribution in [1.82, 2.24) is 14.7 Å². The molecule has 1 saturated heterocycles. The molecule has 4 heterocycles. The first kappa shape index (κ1) is 18.2. The molecule has 1 spiro atoms. The maximum atomic E-state index is 6.94. The zero-order valence-corrected chi connectivity index (χ0v) is 17.7. The second-order valence-electron chi connectivity index (χ2n) is 8.67. The lowest BCUT2D eigenvalue weighted by molar-refractivity contribution is -0.164. The molecule has 0 N–H and O–H groups in total. The Morgan fingerprint density at radius 1 is 1.37 bits per heavy atom. The molecule has 2 aromatic rings. The molecule has 1 aliphatic carbocycles. The van der Waals surface area contributed by atoms with E-state index in [1.807, 2.05) is 17.9 Å². The molecule has 1 saturated carbocycles. The minimum atomic E-state index is -0.128. The number of rotatable bonds is 2. The van der Waals surface area contributed by atoms with Gasteiger partial charge in [-0.3, -0.25) is 9.58 Å². The van der Waals surface area contributed by atoms with Crippen molar-refractivity contribution < 1.29 is 4.74 Å². The number of hydrogen-bond donors (Lipinski definition) is 0. The lowest BCUT2D eigenvalue weighted by Gasteiger charge is -2.51. The number of thiophene rings is 1. The van der Waals surface area contributed by atoms with E-state index in [2.05, 4.69) is 29.2 Å². The fraction of sp³-hybridized carbons (Fsp3) is 0.667. The van der Waals surface area contributed by atoms with E-state index >= 15 is 0 Å². The fourth-order valence-electron chi connectivity index (χ4n) is 5.53. The van der Waals surface area contributed by atoms with Crippen molar-refractivity contribution in [3.63, 3.8) is 0 Å². The zero-order valence-electron chi connectivity index (χ0n) is 16.2. The van der Waals surface area contributed by atoms with Gasteiger partial charge in [-0.05, 0) is 44.2 Å². The summed E-state index contributed by atoms with van der Waals surface area (Å²) in [5.74, 6) is 0.562. The highest BCUT2D eigenvalue weighted by Gasteiger charge is 2.50. The Bertz CT molecular complexity index is 833. The maximum Gasteiger partial charge on any atom is 0.106 e. The average molecular weight is 406 g/mol. The van der Waals surface area contributed by atoms with Crippen LogP contribution in [0.5, 0.6) is 0 Å². The quantitative estimate of drug-likeness (QED) is 0.698. The zero-order chi connectivity index (χ0) is 18.6. The molecule has 0 bridgehead atoms. The first-order valence-corrected chi connectivity index (χ1v) is 11.4. The molecule has 3 aliphatic rings. The van der Waals surface area contributed by atoms with E-state index in [0.717, 1.165) is 30.3 Å². The van der Waals surface area contributed by atoms with Crippen LogP contribution in [0.25, 0.3) is 0 Å². The van der Waals surface area contributed by atoms with Crippen molar-refractivity contribution in [2.24, 2.45) is 7.05 Å². The summed E-state index contributed by atoms with van der Waals surface area (Å²) in [5.41, 5.74) is 2.67. The van der Waals surface area contributed by atoms with Crippen LogP contribution in [-0.4, -0.2) is 33.4 Å². The summed E-state index contributed by atoms with van der Waals surface area (Å²) in [4.78, 5) is 4.01. The first-order chi connectivity index (χ1) is 13.0. The van der Waals surface area contributed by atoms with Crippen LogP contribution in [-0.2, 0) is 23.9 Å². The number of hydrogen-bond acceptors (Lipinski definition) is 4. The molecule has 4 nitrogen and oxygen atoms in total. The molecule has 2 aliphatic heterocycles. The molecule has 6 heteroatoms. The Kier molecular flexibility index (Phi) is 4.62. The van der Waals surface area contributed by atoms with Crippen LogP contribution in [0.15, 0.2) is 18.5 Å². The Balaban J connectivity index is 1.41. The monoisotopic (exact) mass is 405 g/mol. The van der Waals surface area contributed by atoms with Gasteiger partial charge in [-0.1, -0.05) is 24.4 Å². The van der Waals surface area contributed by atoms with Crippen molar-refractivity contribution >= 4 is 22.9 Å². The van der Waals surface area contributed by atoms with E-state index in [9.17, 15) is 0 Å². The Hall–Kier alpha value is -0.880. The normalized spacial score (nSPS) is 33.8. The third-order valence-corrected chi connectivity index (χ3v) is 8.28. The molecule has 5 rings (SSSR count). The molecule has 0 aromatic carbocycles. The molecule has 3 unspecified atom stereocenters. The molecule has 27 heavy (non-hydrogen) atoms. The molecule has 0 amide bonds. The SMILES string of the molecule is C[C@H]1CC2(CCN1Cc1cnn(C)c1)OC1CCCCC1c1cc(Cl)sc12. The van der Waals surface area contributed by atoms with Gasteiger partial charge in [0.15, 0.2) is 0 Å². The van der Waals surface area contributed by atoms with Gasteiger partial charge in [0.05, 0.1) is 16.6 Å². The topological polar surface area (TPSA) is 30.3 Å². The van der Waals surface area contributed by atoms with Gasteiger partial charge < -0.3 is 4.74 Å². The maximum absolute atomic E-state index is 6.94.